The minimum atomic E-state index is -1.04. The van der Waals surface area contributed by atoms with E-state index in [-0.39, 0.29) is 17.2 Å². The van der Waals surface area contributed by atoms with Crippen LogP contribution in [0.15, 0.2) is 18.2 Å². The fourth-order valence-electron chi connectivity index (χ4n) is 2.01. The van der Waals surface area contributed by atoms with Crippen molar-refractivity contribution in [2.75, 3.05) is 19.0 Å². The Bertz CT molecular complexity index is 544. The summed E-state index contributed by atoms with van der Waals surface area (Å²) in [6.45, 7) is 1.76. The van der Waals surface area contributed by atoms with Crippen LogP contribution in [0.3, 0.4) is 0 Å². The van der Waals surface area contributed by atoms with Gasteiger partial charge >= 0.3 is 5.97 Å². The number of nitrogens with one attached hydrogen (secondary N) is 1. The number of aliphatic hydroxyl groups is 1. The predicted molar refractivity (Wildman–Crippen MR) is 73.1 cm³/mol. The molecule has 1 aromatic carbocycles. The largest absolute Gasteiger partial charge is 0.484 e. The van der Waals surface area contributed by atoms with Crippen LogP contribution in [-0.2, 0) is 14.3 Å². The Labute approximate surface area is 121 Å². The molecule has 0 spiro atoms. The minimum absolute atomic E-state index is 0.214. The van der Waals surface area contributed by atoms with Gasteiger partial charge in [0, 0.05) is 25.1 Å². The average molecular weight is 295 g/mol. The van der Waals surface area contributed by atoms with Gasteiger partial charge in [-0.15, -0.1) is 0 Å². The van der Waals surface area contributed by atoms with Gasteiger partial charge < -0.3 is 24.6 Å². The summed E-state index contributed by atoms with van der Waals surface area (Å²) in [4.78, 5) is 22.8. The first-order chi connectivity index (χ1) is 10.0. The third-order valence-electron chi connectivity index (χ3n) is 2.99. The molecule has 2 rings (SSSR count). The first-order valence-electron chi connectivity index (χ1n) is 6.47. The average Bonchev–Trinajstić information content (AvgIpc) is 2.83. The van der Waals surface area contributed by atoms with Crippen molar-refractivity contribution in [3.05, 3.63) is 23.8 Å². The highest BCUT2D eigenvalue weighted by molar-refractivity contribution is 5.94. The van der Waals surface area contributed by atoms with Crippen LogP contribution in [0.1, 0.15) is 23.7 Å². The Morgan fingerprint density at radius 2 is 2.19 bits per heavy atom. The van der Waals surface area contributed by atoms with E-state index >= 15 is 0 Å². The molecule has 1 aromatic rings. The molecule has 114 valence electrons. The number of anilines is 1. The number of hydrogen-bond donors (Lipinski definition) is 2. The molecule has 1 saturated heterocycles. The number of benzene rings is 1. The van der Waals surface area contributed by atoms with Crippen molar-refractivity contribution < 1.29 is 28.9 Å². The van der Waals surface area contributed by atoms with Crippen LogP contribution in [0.25, 0.3) is 0 Å². The van der Waals surface area contributed by atoms with Gasteiger partial charge in [-0.3, -0.25) is 4.79 Å². The molecular formula is C14H17NO6. The Morgan fingerprint density at radius 3 is 2.76 bits per heavy atom. The molecule has 2 N–H and O–H groups in total. The molecule has 2 atom stereocenters. The maximum absolute atomic E-state index is 11.7. The van der Waals surface area contributed by atoms with Crippen LogP contribution in [0, 0.1) is 0 Å². The molecule has 0 aliphatic carbocycles. The van der Waals surface area contributed by atoms with E-state index in [1.54, 1.807) is 6.07 Å². The van der Waals surface area contributed by atoms with Crippen LogP contribution in [0.5, 0.6) is 5.75 Å². The van der Waals surface area contributed by atoms with Crippen LogP contribution in [0.2, 0.25) is 0 Å². The third kappa shape index (κ3) is 3.71. The normalized spacial score (nSPS) is 20.9. The molecule has 7 nitrogen and oxygen atoms in total. The molecule has 1 aliphatic rings. The summed E-state index contributed by atoms with van der Waals surface area (Å²) in [5.74, 6) is -0.577. The Morgan fingerprint density at radius 1 is 1.43 bits per heavy atom. The van der Waals surface area contributed by atoms with Gasteiger partial charge in [0.2, 0.25) is 5.91 Å². The summed E-state index contributed by atoms with van der Waals surface area (Å²) in [6, 6.07) is 4.58. The van der Waals surface area contributed by atoms with E-state index in [0.717, 1.165) is 0 Å². The maximum atomic E-state index is 11.7. The van der Waals surface area contributed by atoms with Gasteiger partial charge in [-0.2, -0.15) is 0 Å². The van der Waals surface area contributed by atoms with Crippen LogP contribution >= 0.6 is 0 Å². The summed E-state index contributed by atoms with van der Waals surface area (Å²) < 4.78 is 15.3. The molecule has 1 amide bonds. The fourth-order valence-corrected chi connectivity index (χ4v) is 2.01. The highest BCUT2D eigenvalue weighted by atomic mass is 16.6. The number of rotatable bonds is 4. The molecule has 1 aliphatic heterocycles. The number of esters is 1. The first-order valence-corrected chi connectivity index (χ1v) is 6.47. The zero-order chi connectivity index (χ0) is 15.4. The lowest BCUT2D eigenvalue weighted by Crippen LogP contribution is -2.27. The zero-order valence-corrected chi connectivity index (χ0v) is 11.8. The Hall–Kier alpha value is -2.12. The number of carbonyl (C=O) groups is 2. The number of aliphatic hydroxyl groups excluding tert-OH is 1. The lowest BCUT2D eigenvalue weighted by molar-refractivity contribution is -0.114. The fraction of sp³-hybridized carbons (Fsp3) is 0.429. The van der Waals surface area contributed by atoms with Gasteiger partial charge in [0.25, 0.3) is 0 Å². The number of ether oxygens (including phenoxy) is 3. The molecule has 7 heteroatoms. The van der Waals surface area contributed by atoms with Crippen molar-refractivity contribution in [3.8, 4) is 5.75 Å². The molecule has 0 bridgehead atoms. The maximum Gasteiger partial charge on any atom is 0.341 e. The quantitative estimate of drug-likeness (QED) is 0.802. The summed E-state index contributed by atoms with van der Waals surface area (Å²) >= 11 is 0. The highest BCUT2D eigenvalue weighted by Crippen LogP contribution is 2.28. The van der Waals surface area contributed by atoms with Crippen molar-refractivity contribution in [3.63, 3.8) is 0 Å². The molecule has 1 fully saturated rings. The van der Waals surface area contributed by atoms with E-state index in [1.807, 2.05) is 0 Å². The molecule has 0 saturated carbocycles. The molecular weight excluding hydrogens is 278 g/mol. The Kier molecular flexibility index (Phi) is 4.77. The van der Waals surface area contributed by atoms with E-state index in [0.29, 0.717) is 18.7 Å². The molecule has 0 radical (unpaired) electrons. The molecule has 0 aromatic heterocycles. The Balaban J connectivity index is 2.28. The summed E-state index contributed by atoms with van der Waals surface area (Å²) in [7, 11) is 1.27. The minimum Gasteiger partial charge on any atom is -0.484 e. The number of carbonyl (C=O) groups excluding carboxylic acids is 2. The van der Waals surface area contributed by atoms with E-state index in [9.17, 15) is 14.7 Å². The van der Waals surface area contributed by atoms with E-state index < -0.39 is 18.4 Å². The standard InChI is InChI=1S/C14H17NO6/c1-8(16)15-9-3-4-10(13(17)19-2)12(7-9)21-11-5-6-20-14(11)18/h3-4,7,11,14,18H,5-6H2,1-2H3,(H,15,16). The van der Waals surface area contributed by atoms with Crippen molar-refractivity contribution in [2.24, 2.45) is 0 Å². The van der Waals surface area contributed by atoms with E-state index in [2.05, 4.69) is 10.1 Å². The van der Waals surface area contributed by atoms with Crippen LogP contribution < -0.4 is 10.1 Å². The topological polar surface area (TPSA) is 94.1 Å². The number of methoxy groups -OCH3 is 1. The second kappa shape index (κ2) is 6.55. The van der Waals surface area contributed by atoms with Crippen molar-refractivity contribution >= 4 is 17.6 Å². The molecule has 2 unspecified atom stereocenters. The predicted octanol–water partition coefficient (Wildman–Crippen LogP) is 0.918. The lowest BCUT2D eigenvalue weighted by atomic mass is 10.1. The van der Waals surface area contributed by atoms with Crippen molar-refractivity contribution in [1.29, 1.82) is 0 Å². The third-order valence-corrected chi connectivity index (χ3v) is 2.99. The number of hydrogen-bond acceptors (Lipinski definition) is 6. The van der Waals surface area contributed by atoms with Gasteiger partial charge in [-0.05, 0) is 12.1 Å². The first kappa shape index (κ1) is 15.3. The monoisotopic (exact) mass is 295 g/mol. The van der Waals surface area contributed by atoms with Gasteiger partial charge in [-0.25, -0.2) is 4.79 Å². The lowest BCUT2D eigenvalue weighted by Gasteiger charge is -2.18. The second-order valence-electron chi connectivity index (χ2n) is 4.59. The van der Waals surface area contributed by atoms with Crippen molar-refractivity contribution in [2.45, 2.75) is 25.7 Å². The van der Waals surface area contributed by atoms with Gasteiger partial charge in [0.1, 0.15) is 11.3 Å². The SMILES string of the molecule is COC(=O)c1ccc(NC(C)=O)cc1OC1CCOC1O. The van der Waals surface area contributed by atoms with Gasteiger partial charge in [-0.1, -0.05) is 0 Å². The van der Waals surface area contributed by atoms with Crippen molar-refractivity contribution in [1.82, 2.24) is 0 Å². The van der Waals surface area contributed by atoms with Crippen LogP contribution in [-0.4, -0.2) is 43.1 Å². The van der Waals surface area contributed by atoms with Gasteiger partial charge in [0.15, 0.2) is 12.4 Å². The molecule has 1 heterocycles. The smallest absolute Gasteiger partial charge is 0.341 e. The van der Waals surface area contributed by atoms with E-state index in [4.69, 9.17) is 9.47 Å². The van der Waals surface area contributed by atoms with Crippen LogP contribution in [0.4, 0.5) is 5.69 Å². The van der Waals surface area contributed by atoms with Gasteiger partial charge in [0.05, 0.1) is 13.7 Å². The highest BCUT2D eigenvalue weighted by Gasteiger charge is 2.29. The second-order valence-corrected chi connectivity index (χ2v) is 4.59. The number of amides is 1. The summed E-state index contributed by atoms with van der Waals surface area (Å²) in [5, 5.41) is 12.2. The summed E-state index contributed by atoms with van der Waals surface area (Å²) in [6.07, 6.45) is -1.10. The summed E-state index contributed by atoms with van der Waals surface area (Å²) in [5.41, 5.74) is 0.698. The zero-order valence-electron chi connectivity index (χ0n) is 11.8. The molecule has 21 heavy (non-hydrogen) atoms. The van der Waals surface area contributed by atoms with E-state index in [1.165, 1.54) is 26.2 Å².